The van der Waals surface area contributed by atoms with E-state index in [1.165, 1.54) is 28.6 Å². The molecule has 10 heteroatoms. The Morgan fingerprint density at radius 2 is 1.76 bits per heavy atom. The molecular weight excluding hydrogens is 459 g/mol. The lowest BCUT2D eigenvalue weighted by Gasteiger charge is -2.31. The zero-order valence-corrected chi connectivity index (χ0v) is 18.3. The van der Waals surface area contributed by atoms with Gasteiger partial charge < -0.3 is 9.52 Å². The summed E-state index contributed by atoms with van der Waals surface area (Å²) in [5, 5.41) is 9.15. The maximum Gasteiger partial charge on any atom is 0.417 e. The SMILES string of the molecule is O=c1cc(C(F)(F)F)c2cc(Cc3ccc(S(=O)(=O)N4CCCC(CO)C4)cc3)ccc2o1. The predicted molar refractivity (Wildman–Crippen MR) is 115 cm³/mol. The summed E-state index contributed by atoms with van der Waals surface area (Å²) in [4.78, 5) is 11.6. The van der Waals surface area contributed by atoms with Crippen LogP contribution in [0.1, 0.15) is 29.5 Å². The fourth-order valence-corrected chi connectivity index (χ4v) is 5.67. The first-order valence-corrected chi connectivity index (χ1v) is 11.9. The molecule has 0 radical (unpaired) electrons. The van der Waals surface area contributed by atoms with E-state index in [9.17, 15) is 31.5 Å². The van der Waals surface area contributed by atoms with Crippen molar-refractivity contribution in [1.29, 1.82) is 0 Å². The highest BCUT2D eigenvalue weighted by molar-refractivity contribution is 7.89. The van der Waals surface area contributed by atoms with E-state index >= 15 is 0 Å². The summed E-state index contributed by atoms with van der Waals surface area (Å²) in [6, 6.07) is 10.9. The number of nitrogens with zero attached hydrogens (tertiary/aromatic N) is 1. The number of hydrogen-bond acceptors (Lipinski definition) is 5. The zero-order valence-electron chi connectivity index (χ0n) is 17.5. The average molecular weight is 481 g/mol. The fourth-order valence-electron chi connectivity index (χ4n) is 4.11. The molecule has 1 aromatic heterocycles. The van der Waals surface area contributed by atoms with Crippen LogP contribution in [0.15, 0.2) is 62.6 Å². The van der Waals surface area contributed by atoms with Crippen molar-refractivity contribution in [2.45, 2.75) is 30.3 Å². The van der Waals surface area contributed by atoms with Crippen molar-refractivity contribution in [1.82, 2.24) is 4.31 Å². The second-order valence-corrected chi connectivity index (χ2v) is 10.1. The Morgan fingerprint density at radius 1 is 1.06 bits per heavy atom. The number of hydrogen-bond donors (Lipinski definition) is 1. The van der Waals surface area contributed by atoms with E-state index in [0.717, 1.165) is 6.42 Å². The number of fused-ring (bicyclic) bond motifs is 1. The Bertz CT molecular complexity index is 1320. The summed E-state index contributed by atoms with van der Waals surface area (Å²) >= 11 is 0. The normalized spacial score (nSPS) is 18.0. The predicted octanol–water partition coefficient (Wildman–Crippen LogP) is 3.80. The smallest absolute Gasteiger partial charge is 0.417 e. The van der Waals surface area contributed by atoms with Crippen LogP contribution in [0.2, 0.25) is 0 Å². The van der Waals surface area contributed by atoms with Crippen molar-refractivity contribution < 1.29 is 31.1 Å². The third-order valence-electron chi connectivity index (χ3n) is 5.82. The summed E-state index contributed by atoms with van der Waals surface area (Å²) in [6.45, 7) is 0.612. The maximum atomic E-state index is 13.4. The Balaban J connectivity index is 1.58. The van der Waals surface area contributed by atoms with Crippen LogP contribution in [0.5, 0.6) is 0 Å². The molecule has 33 heavy (non-hydrogen) atoms. The van der Waals surface area contributed by atoms with Gasteiger partial charge in [-0.1, -0.05) is 18.2 Å². The number of sulfonamides is 1. The van der Waals surface area contributed by atoms with Gasteiger partial charge in [-0.15, -0.1) is 0 Å². The summed E-state index contributed by atoms with van der Waals surface area (Å²) in [5.41, 5.74) is -1.01. The van der Waals surface area contributed by atoms with Gasteiger partial charge in [0.25, 0.3) is 0 Å². The molecule has 0 bridgehead atoms. The molecule has 0 spiro atoms. The first kappa shape index (κ1) is 23.5. The molecule has 2 aromatic carbocycles. The number of benzene rings is 2. The zero-order chi connectivity index (χ0) is 23.8. The van der Waals surface area contributed by atoms with Crippen molar-refractivity contribution in [2.24, 2.45) is 5.92 Å². The summed E-state index contributed by atoms with van der Waals surface area (Å²) < 4.78 is 72.2. The van der Waals surface area contributed by atoms with Gasteiger partial charge >= 0.3 is 11.8 Å². The van der Waals surface area contributed by atoms with Gasteiger partial charge in [-0.25, -0.2) is 13.2 Å². The molecule has 0 amide bonds. The van der Waals surface area contributed by atoms with E-state index in [2.05, 4.69) is 0 Å². The van der Waals surface area contributed by atoms with Gasteiger partial charge in [0, 0.05) is 31.1 Å². The highest BCUT2D eigenvalue weighted by Crippen LogP contribution is 2.34. The van der Waals surface area contributed by atoms with Crippen molar-refractivity contribution in [2.75, 3.05) is 19.7 Å². The number of rotatable bonds is 5. The third-order valence-corrected chi connectivity index (χ3v) is 7.70. The van der Waals surface area contributed by atoms with E-state index in [0.29, 0.717) is 30.2 Å². The van der Waals surface area contributed by atoms with Crippen LogP contribution >= 0.6 is 0 Å². The number of aliphatic hydroxyl groups is 1. The van der Waals surface area contributed by atoms with Gasteiger partial charge in [0.1, 0.15) is 5.58 Å². The Hall–Kier alpha value is -2.69. The molecule has 1 atom stereocenters. The molecule has 2 heterocycles. The van der Waals surface area contributed by atoms with Crippen molar-refractivity contribution in [3.8, 4) is 0 Å². The quantitative estimate of drug-likeness (QED) is 0.561. The molecule has 1 saturated heterocycles. The molecule has 1 unspecified atom stereocenters. The van der Waals surface area contributed by atoms with Gasteiger partial charge in [-0.3, -0.25) is 0 Å². The highest BCUT2D eigenvalue weighted by atomic mass is 32.2. The largest absolute Gasteiger partial charge is 0.423 e. The topological polar surface area (TPSA) is 87.8 Å². The molecule has 1 N–H and O–H groups in total. The molecule has 6 nitrogen and oxygen atoms in total. The lowest BCUT2D eigenvalue weighted by Crippen LogP contribution is -2.40. The van der Waals surface area contributed by atoms with E-state index in [-0.39, 0.29) is 41.4 Å². The summed E-state index contributed by atoms with van der Waals surface area (Å²) in [7, 11) is -3.69. The van der Waals surface area contributed by atoms with Gasteiger partial charge in [0.15, 0.2) is 0 Å². The third kappa shape index (κ3) is 4.97. The van der Waals surface area contributed by atoms with Crippen LogP contribution in [0.4, 0.5) is 13.2 Å². The molecule has 0 aliphatic carbocycles. The Labute approximate surface area is 188 Å². The Morgan fingerprint density at radius 3 is 2.42 bits per heavy atom. The van der Waals surface area contributed by atoms with Crippen molar-refractivity contribution in [3.05, 3.63) is 75.6 Å². The van der Waals surface area contributed by atoms with Gasteiger partial charge in [-0.2, -0.15) is 17.5 Å². The lowest BCUT2D eigenvalue weighted by atomic mass is 10.0. The first-order valence-electron chi connectivity index (χ1n) is 10.4. The van der Waals surface area contributed by atoms with Gasteiger partial charge in [0.05, 0.1) is 10.5 Å². The first-order chi connectivity index (χ1) is 15.6. The van der Waals surface area contributed by atoms with Crippen LogP contribution in [0, 0.1) is 5.92 Å². The van der Waals surface area contributed by atoms with Gasteiger partial charge in [0.2, 0.25) is 10.0 Å². The van der Waals surface area contributed by atoms with Crippen molar-refractivity contribution >= 4 is 21.0 Å². The standard InChI is InChI=1S/C23H22F3NO5S/c24-23(25,26)20-12-22(29)32-21-8-5-16(11-19(20)21)10-15-3-6-18(7-4-15)33(30,31)27-9-1-2-17(13-27)14-28/h3-8,11-12,17,28H,1-2,9-10,13-14H2. The van der Waals surface area contributed by atoms with Crippen LogP contribution in [0.25, 0.3) is 11.0 Å². The van der Waals surface area contributed by atoms with Gasteiger partial charge in [-0.05, 0) is 60.6 Å². The minimum atomic E-state index is -4.70. The van der Waals surface area contributed by atoms with Crippen molar-refractivity contribution in [3.63, 3.8) is 0 Å². The van der Waals surface area contributed by atoms with Crippen LogP contribution in [-0.2, 0) is 22.6 Å². The average Bonchev–Trinajstić information content (AvgIpc) is 2.78. The van der Waals surface area contributed by atoms with Crippen LogP contribution < -0.4 is 5.63 Å². The van der Waals surface area contributed by atoms with E-state index in [4.69, 9.17) is 4.42 Å². The molecule has 1 aliphatic heterocycles. The molecule has 1 fully saturated rings. The number of piperidine rings is 1. The molecule has 3 aromatic rings. The highest BCUT2D eigenvalue weighted by Gasteiger charge is 2.34. The number of alkyl halides is 3. The molecular formula is C23H22F3NO5S. The second kappa shape index (κ2) is 8.92. The maximum absolute atomic E-state index is 13.4. The second-order valence-electron chi connectivity index (χ2n) is 8.18. The van der Waals surface area contributed by atoms with Crippen LogP contribution in [-0.4, -0.2) is 37.5 Å². The molecule has 4 rings (SSSR count). The number of aliphatic hydroxyl groups excluding tert-OH is 1. The number of halogens is 3. The monoisotopic (exact) mass is 481 g/mol. The summed E-state index contributed by atoms with van der Waals surface area (Å²) in [5.74, 6) is -0.0771. The van der Waals surface area contributed by atoms with E-state index < -0.39 is 27.4 Å². The fraction of sp³-hybridized carbons (Fsp3) is 0.348. The molecule has 176 valence electrons. The van der Waals surface area contributed by atoms with E-state index in [1.807, 2.05) is 0 Å². The van der Waals surface area contributed by atoms with Crippen LogP contribution in [0.3, 0.4) is 0 Å². The lowest BCUT2D eigenvalue weighted by molar-refractivity contribution is -0.136. The van der Waals surface area contributed by atoms with E-state index in [1.54, 1.807) is 18.2 Å². The minimum absolute atomic E-state index is 0.0593. The molecule has 0 saturated carbocycles. The minimum Gasteiger partial charge on any atom is -0.423 e. The molecule has 1 aliphatic rings. The Kier molecular flexibility index (Phi) is 6.35. The summed E-state index contributed by atoms with van der Waals surface area (Å²) in [6.07, 6.45) is -2.97.